The summed E-state index contributed by atoms with van der Waals surface area (Å²) in [5, 5.41) is 10.9. The van der Waals surface area contributed by atoms with Crippen molar-refractivity contribution in [2.24, 2.45) is 0 Å². The van der Waals surface area contributed by atoms with Gasteiger partial charge in [0.15, 0.2) is 0 Å². The Hall–Kier alpha value is -3.99. The molecule has 0 aliphatic carbocycles. The van der Waals surface area contributed by atoms with E-state index in [0.717, 1.165) is 0 Å². The van der Waals surface area contributed by atoms with Gasteiger partial charge < -0.3 is 24.4 Å². The molecule has 1 heterocycles. The van der Waals surface area contributed by atoms with E-state index in [2.05, 4.69) is 15.6 Å². The van der Waals surface area contributed by atoms with Gasteiger partial charge in [0.05, 0.1) is 25.8 Å². The zero-order valence-corrected chi connectivity index (χ0v) is 20.0. The van der Waals surface area contributed by atoms with Crippen molar-refractivity contribution in [3.63, 3.8) is 0 Å². The first-order chi connectivity index (χ1) is 17.0. The Kier molecular flexibility index (Phi) is 9.13. The molecule has 0 unspecified atom stereocenters. The second-order valence-electron chi connectivity index (χ2n) is 7.52. The number of benzene rings is 2. The summed E-state index contributed by atoms with van der Waals surface area (Å²) in [7, 11) is 3.05. The van der Waals surface area contributed by atoms with Crippen molar-refractivity contribution in [3.05, 3.63) is 54.1 Å². The standard InChI is InChI=1S/C24H29N5O6/c1-4-35-22(31)16-28(21(30)15-29-20-8-6-5-7-19(20)26-27-29)23(24(32)25-13-14-33-2)17-9-11-18(34-3)12-10-17/h5-12,23H,4,13-16H2,1-3H3,(H,25,32)/t23-/m1/s1. The molecule has 2 aromatic carbocycles. The molecule has 0 aliphatic heterocycles. The number of carbonyl (C=O) groups is 3. The monoisotopic (exact) mass is 483 g/mol. The molecule has 2 amide bonds. The Bertz CT molecular complexity index is 1150. The predicted octanol–water partition coefficient (Wildman–Crippen LogP) is 1.34. The highest BCUT2D eigenvalue weighted by Crippen LogP contribution is 2.25. The maximum atomic E-state index is 13.6. The van der Waals surface area contributed by atoms with Crippen LogP contribution in [0.25, 0.3) is 11.0 Å². The zero-order chi connectivity index (χ0) is 25.2. The van der Waals surface area contributed by atoms with Gasteiger partial charge in [-0.3, -0.25) is 14.4 Å². The number of methoxy groups -OCH3 is 2. The molecule has 1 atom stereocenters. The van der Waals surface area contributed by atoms with Gasteiger partial charge >= 0.3 is 5.97 Å². The van der Waals surface area contributed by atoms with Crippen LogP contribution < -0.4 is 10.1 Å². The molecule has 11 heteroatoms. The lowest BCUT2D eigenvalue weighted by molar-refractivity contribution is -0.152. The van der Waals surface area contributed by atoms with E-state index in [1.165, 1.54) is 23.8 Å². The minimum atomic E-state index is -1.11. The number of nitrogens with one attached hydrogen (secondary N) is 1. The van der Waals surface area contributed by atoms with Crippen molar-refractivity contribution < 1.29 is 28.6 Å². The lowest BCUT2D eigenvalue weighted by atomic mass is 10.0. The summed E-state index contributed by atoms with van der Waals surface area (Å²) < 4.78 is 16.8. The fourth-order valence-electron chi connectivity index (χ4n) is 3.55. The molecule has 3 rings (SSSR count). The number of para-hydroxylation sites is 1. The normalized spacial score (nSPS) is 11.6. The number of rotatable bonds is 12. The number of aromatic nitrogens is 3. The molecule has 35 heavy (non-hydrogen) atoms. The van der Waals surface area contributed by atoms with Crippen LogP contribution in [0.2, 0.25) is 0 Å². The minimum absolute atomic E-state index is 0.141. The average Bonchev–Trinajstić information content (AvgIpc) is 3.27. The average molecular weight is 484 g/mol. The number of nitrogens with zero attached hydrogens (tertiary/aromatic N) is 4. The number of esters is 1. The maximum absolute atomic E-state index is 13.6. The molecule has 11 nitrogen and oxygen atoms in total. The third-order valence-electron chi connectivity index (χ3n) is 5.23. The molecule has 0 aliphatic rings. The number of carbonyl (C=O) groups excluding carboxylic acids is 3. The van der Waals surface area contributed by atoms with Crippen LogP contribution in [-0.4, -0.2) is 78.2 Å². The van der Waals surface area contributed by atoms with Crippen LogP contribution in [-0.2, 0) is 30.4 Å². The number of ether oxygens (including phenoxy) is 3. The lowest BCUT2D eigenvalue weighted by Crippen LogP contribution is -2.47. The number of hydrogen-bond donors (Lipinski definition) is 1. The van der Waals surface area contributed by atoms with Crippen LogP contribution >= 0.6 is 0 Å². The number of fused-ring (bicyclic) bond motifs is 1. The first-order valence-electron chi connectivity index (χ1n) is 11.1. The summed E-state index contributed by atoms with van der Waals surface area (Å²) >= 11 is 0. The molecule has 3 aromatic rings. The summed E-state index contributed by atoms with van der Waals surface area (Å²) in [6, 6.07) is 12.8. The van der Waals surface area contributed by atoms with Crippen LogP contribution in [0.1, 0.15) is 18.5 Å². The van der Waals surface area contributed by atoms with E-state index in [-0.39, 0.29) is 26.3 Å². The molecule has 0 radical (unpaired) electrons. The Morgan fingerprint density at radius 2 is 1.83 bits per heavy atom. The Labute approximate surface area is 202 Å². The van der Waals surface area contributed by atoms with Crippen LogP contribution in [0.4, 0.5) is 0 Å². The van der Waals surface area contributed by atoms with E-state index in [1.807, 2.05) is 12.1 Å². The van der Waals surface area contributed by atoms with Gasteiger partial charge in [-0.15, -0.1) is 5.10 Å². The molecule has 0 fully saturated rings. The van der Waals surface area contributed by atoms with E-state index in [4.69, 9.17) is 14.2 Å². The largest absolute Gasteiger partial charge is 0.497 e. The van der Waals surface area contributed by atoms with Crippen LogP contribution in [0, 0.1) is 0 Å². The third kappa shape index (κ3) is 6.54. The van der Waals surface area contributed by atoms with Crippen molar-refractivity contribution >= 4 is 28.8 Å². The van der Waals surface area contributed by atoms with Crippen molar-refractivity contribution in [3.8, 4) is 5.75 Å². The lowest BCUT2D eigenvalue weighted by Gasteiger charge is -2.30. The zero-order valence-electron chi connectivity index (χ0n) is 20.0. The SMILES string of the molecule is CCOC(=O)CN(C(=O)Cn1nnc2ccccc21)[C@@H](C(=O)NCCOC)c1ccc(OC)cc1. The Balaban J connectivity index is 1.97. The predicted molar refractivity (Wildman–Crippen MR) is 126 cm³/mol. The summed E-state index contributed by atoms with van der Waals surface area (Å²) in [4.78, 5) is 40.5. The van der Waals surface area contributed by atoms with Crippen molar-refractivity contribution in [2.75, 3.05) is 40.5 Å². The first-order valence-corrected chi connectivity index (χ1v) is 11.1. The third-order valence-corrected chi connectivity index (χ3v) is 5.23. The molecule has 0 spiro atoms. The van der Waals surface area contributed by atoms with Crippen LogP contribution in [0.3, 0.4) is 0 Å². The topological polar surface area (TPSA) is 125 Å². The minimum Gasteiger partial charge on any atom is -0.497 e. The molecular weight excluding hydrogens is 454 g/mol. The quantitative estimate of drug-likeness (QED) is 0.302. The van der Waals surface area contributed by atoms with Crippen LogP contribution in [0.5, 0.6) is 5.75 Å². The first kappa shape index (κ1) is 25.6. The van der Waals surface area contributed by atoms with Gasteiger partial charge in [0.25, 0.3) is 0 Å². The van der Waals surface area contributed by atoms with E-state index in [9.17, 15) is 14.4 Å². The molecule has 186 valence electrons. The summed E-state index contributed by atoms with van der Waals surface area (Å²) in [6.45, 7) is 1.69. The van der Waals surface area contributed by atoms with Crippen molar-refractivity contribution in [2.45, 2.75) is 19.5 Å². The highest BCUT2D eigenvalue weighted by molar-refractivity contribution is 5.91. The number of amides is 2. The Morgan fingerprint density at radius 1 is 1.09 bits per heavy atom. The molecule has 1 aromatic heterocycles. The van der Waals surface area contributed by atoms with Gasteiger partial charge in [0.2, 0.25) is 11.8 Å². The fourth-order valence-corrected chi connectivity index (χ4v) is 3.55. The van der Waals surface area contributed by atoms with Gasteiger partial charge in [0, 0.05) is 13.7 Å². The highest BCUT2D eigenvalue weighted by Gasteiger charge is 2.33. The van der Waals surface area contributed by atoms with E-state index < -0.39 is 30.4 Å². The summed E-state index contributed by atoms with van der Waals surface area (Å²) in [5.41, 5.74) is 1.78. The summed E-state index contributed by atoms with van der Waals surface area (Å²) in [6.07, 6.45) is 0. The molecule has 1 N–H and O–H groups in total. The molecular formula is C24H29N5O6. The molecule has 0 saturated heterocycles. The Morgan fingerprint density at radius 3 is 2.51 bits per heavy atom. The smallest absolute Gasteiger partial charge is 0.325 e. The second kappa shape index (κ2) is 12.5. The highest BCUT2D eigenvalue weighted by atomic mass is 16.5. The van der Waals surface area contributed by atoms with Crippen molar-refractivity contribution in [1.29, 1.82) is 0 Å². The van der Waals surface area contributed by atoms with E-state index in [0.29, 0.717) is 22.3 Å². The van der Waals surface area contributed by atoms with Gasteiger partial charge in [-0.25, -0.2) is 4.68 Å². The molecule has 0 saturated carbocycles. The fraction of sp³-hybridized carbons (Fsp3) is 0.375. The number of hydrogen-bond acceptors (Lipinski definition) is 8. The molecule has 0 bridgehead atoms. The van der Waals surface area contributed by atoms with Crippen molar-refractivity contribution in [1.82, 2.24) is 25.2 Å². The van der Waals surface area contributed by atoms with Gasteiger partial charge in [-0.1, -0.05) is 29.5 Å². The van der Waals surface area contributed by atoms with Gasteiger partial charge in [-0.05, 0) is 36.8 Å². The summed E-state index contributed by atoms with van der Waals surface area (Å²) in [5.74, 6) is -1.01. The maximum Gasteiger partial charge on any atom is 0.325 e. The van der Waals surface area contributed by atoms with E-state index in [1.54, 1.807) is 43.3 Å². The van der Waals surface area contributed by atoms with Crippen LogP contribution in [0.15, 0.2) is 48.5 Å². The van der Waals surface area contributed by atoms with Gasteiger partial charge in [0.1, 0.15) is 30.4 Å². The van der Waals surface area contributed by atoms with Gasteiger partial charge in [-0.2, -0.15) is 0 Å². The second-order valence-corrected chi connectivity index (χ2v) is 7.52. The van der Waals surface area contributed by atoms with E-state index >= 15 is 0 Å².